The Kier molecular flexibility index (Phi) is 4.39. The molecule has 114 valence electrons. The molecule has 1 aliphatic carbocycles. The quantitative estimate of drug-likeness (QED) is 0.923. The van der Waals surface area contributed by atoms with Crippen molar-refractivity contribution in [2.24, 2.45) is 0 Å². The van der Waals surface area contributed by atoms with Gasteiger partial charge in [0.25, 0.3) is 0 Å². The van der Waals surface area contributed by atoms with E-state index >= 15 is 0 Å². The highest BCUT2D eigenvalue weighted by molar-refractivity contribution is 5.90. The maximum Gasteiger partial charge on any atom is 0.341 e. The average Bonchev–Trinajstić information content (AvgIpc) is 2.53. The summed E-state index contributed by atoms with van der Waals surface area (Å²) < 4.78 is 11.3. The number of carboxylic acid groups (broad SMARTS) is 1. The molecular weight excluding hydrogens is 270 g/mol. The van der Waals surface area contributed by atoms with E-state index in [1.807, 2.05) is 0 Å². The number of hydrogen-bond donors (Lipinski definition) is 1. The Balaban J connectivity index is 1.77. The second-order valence-electron chi connectivity index (χ2n) is 5.76. The van der Waals surface area contributed by atoms with E-state index < -0.39 is 5.97 Å². The zero-order chi connectivity index (χ0) is 14.7. The number of rotatable bonds is 4. The summed E-state index contributed by atoms with van der Waals surface area (Å²) in [5.41, 5.74) is 2.22. The van der Waals surface area contributed by atoms with Crippen molar-refractivity contribution in [2.75, 3.05) is 13.2 Å². The van der Waals surface area contributed by atoms with Gasteiger partial charge in [-0.3, -0.25) is 0 Å². The van der Waals surface area contributed by atoms with Gasteiger partial charge in [0.1, 0.15) is 12.2 Å². The van der Waals surface area contributed by atoms with Crippen molar-refractivity contribution >= 4 is 5.97 Å². The van der Waals surface area contributed by atoms with E-state index in [1.54, 1.807) is 6.07 Å². The fourth-order valence-electron chi connectivity index (χ4n) is 2.99. The van der Waals surface area contributed by atoms with Crippen LogP contribution in [-0.4, -0.2) is 35.4 Å². The van der Waals surface area contributed by atoms with Crippen molar-refractivity contribution in [3.63, 3.8) is 0 Å². The molecule has 1 aromatic rings. The van der Waals surface area contributed by atoms with Gasteiger partial charge in [0, 0.05) is 12.3 Å². The fraction of sp³-hybridized carbons (Fsp3) is 0.625. The summed E-state index contributed by atoms with van der Waals surface area (Å²) in [7, 11) is 0. The van der Waals surface area contributed by atoms with Crippen LogP contribution in [-0.2, 0) is 17.6 Å². The van der Waals surface area contributed by atoms with Crippen LogP contribution in [0.5, 0.6) is 5.88 Å². The van der Waals surface area contributed by atoms with Crippen LogP contribution in [0.1, 0.15) is 53.7 Å². The molecule has 1 atom stereocenters. The normalized spacial score (nSPS) is 21.6. The first kappa shape index (κ1) is 14.3. The third kappa shape index (κ3) is 3.35. The number of hydrogen-bond acceptors (Lipinski definition) is 4. The van der Waals surface area contributed by atoms with Crippen molar-refractivity contribution in [3.8, 4) is 5.88 Å². The van der Waals surface area contributed by atoms with E-state index in [2.05, 4.69) is 4.98 Å². The highest BCUT2D eigenvalue weighted by Gasteiger charge is 2.21. The molecule has 3 rings (SSSR count). The molecule has 2 heterocycles. The Labute approximate surface area is 124 Å². The molecule has 0 spiro atoms. The van der Waals surface area contributed by atoms with Crippen molar-refractivity contribution in [3.05, 3.63) is 22.9 Å². The molecule has 0 amide bonds. The van der Waals surface area contributed by atoms with Gasteiger partial charge in [0.2, 0.25) is 5.88 Å². The van der Waals surface area contributed by atoms with Crippen LogP contribution in [0.2, 0.25) is 0 Å². The second-order valence-corrected chi connectivity index (χ2v) is 5.76. The monoisotopic (exact) mass is 291 g/mol. The first-order valence-corrected chi connectivity index (χ1v) is 7.74. The number of nitrogens with zero attached hydrogens (tertiary/aromatic N) is 1. The Morgan fingerprint density at radius 1 is 1.33 bits per heavy atom. The van der Waals surface area contributed by atoms with Crippen molar-refractivity contribution in [1.82, 2.24) is 4.98 Å². The van der Waals surface area contributed by atoms with Gasteiger partial charge in [-0.1, -0.05) is 0 Å². The molecule has 5 heteroatoms. The van der Waals surface area contributed by atoms with E-state index in [-0.39, 0.29) is 17.5 Å². The minimum atomic E-state index is -0.976. The number of fused-ring (bicyclic) bond motifs is 1. The third-order valence-electron chi connectivity index (χ3n) is 4.18. The minimum Gasteiger partial charge on any atom is -0.477 e. The first-order chi connectivity index (χ1) is 10.2. The third-order valence-corrected chi connectivity index (χ3v) is 4.18. The zero-order valence-corrected chi connectivity index (χ0v) is 12.1. The molecule has 5 nitrogen and oxygen atoms in total. The molecule has 0 saturated carbocycles. The number of pyridine rings is 1. The topological polar surface area (TPSA) is 68.7 Å². The van der Waals surface area contributed by atoms with Crippen LogP contribution in [0.15, 0.2) is 6.07 Å². The molecule has 21 heavy (non-hydrogen) atoms. The lowest BCUT2D eigenvalue weighted by Crippen LogP contribution is -2.26. The average molecular weight is 291 g/mol. The molecule has 1 saturated heterocycles. The number of aryl methyl sites for hydroxylation is 2. The van der Waals surface area contributed by atoms with Gasteiger partial charge in [-0.15, -0.1) is 0 Å². The molecule has 1 N–H and O–H groups in total. The van der Waals surface area contributed by atoms with E-state index in [0.717, 1.165) is 62.8 Å². The van der Waals surface area contributed by atoms with Gasteiger partial charge in [-0.25, -0.2) is 9.78 Å². The summed E-state index contributed by atoms with van der Waals surface area (Å²) in [5, 5.41) is 9.35. The number of aromatic nitrogens is 1. The molecule has 0 aromatic carbocycles. The molecular formula is C16H21NO4. The second kappa shape index (κ2) is 6.43. The zero-order valence-electron chi connectivity index (χ0n) is 12.1. The van der Waals surface area contributed by atoms with Gasteiger partial charge in [0.05, 0.1) is 6.10 Å². The molecule has 0 radical (unpaired) electrons. The highest BCUT2D eigenvalue weighted by Crippen LogP contribution is 2.26. The molecule has 0 bridgehead atoms. The van der Waals surface area contributed by atoms with Crippen molar-refractivity contribution in [1.29, 1.82) is 0 Å². The van der Waals surface area contributed by atoms with Crippen molar-refractivity contribution in [2.45, 2.75) is 51.0 Å². The summed E-state index contributed by atoms with van der Waals surface area (Å²) in [4.78, 5) is 15.9. The van der Waals surface area contributed by atoms with E-state index in [9.17, 15) is 9.90 Å². The summed E-state index contributed by atoms with van der Waals surface area (Å²) in [6.07, 6.45) is 7.28. The van der Waals surface area contributed by atoms with Gasteiger partial charge < -0.3 is 14.6 Å². The predicted molar refractivity (Wildman–Crippen MR) is 76.9 cm³/mol. The summed E-state index contributed by atoms with van der Waals surface area (Å²) in [6.45, 7) is 1.14. The molecule has 1 unspecified atom stereocenters. The molecule has 2 aliphatic rings. The lowest BCUT2D eigenvalue weighted by molar-refractivity contribution is -0.0122. The molecule has 1 aromatic heterocycles. The van der Waals surface area contributed by atoms with Crippen LogP contribution in [0.3, 0.4) is 0 Å². The smallest absolute Gasteiger partial charge is 0.341 e. The van der Waals surface area contributed by atoms with Crippen LogP contribution >= 0.6 is 0 Å². The Bertz CT molecular complexity index is 523. The van der Waals surface area contributed by atoms with Crippen LogP contribution in [0.4, 0.5) is 0 Å². The van der Waals surface area contributed by atoms with Gasteiger partial charge in [0.15, 0.2) is 0 Å². The minimum absolute atomic E-state index is 0.0539. The van der Waals surface area contributed by atoms with E-state index in [0.29, 0.717) is 6.61 Å². The SMILES string of the molecule is O=C(O)c1cc2c(nc1OCC1CCCCO1)CCCC2. The summed E-state index contributed by atoms with van der Waals surface area (Å²) in [5.74, 6) is -0.729. The maximum atomic E-state index is 11.4. The van der Waals surface area contributed by atoms with Gasteiger partial charge in [-0.2, -0.15) is 0 Å². The van der Waals surface area contributed by atoms with E-state index in [4.69, 9.17) is 9.47 Å². The number of carboxylic acids is 1. The summed E-state index contributed by atoms with van der Waals surface area (Å²) >= 11 is 0. The van der Waals surface area contributed by atoms with Crippen LogP contribution in [0.25, 0.3) is 0 Å². The van der Waals surface area contributed by atoms with Crippen molar-refractivity contribution < 1.29 is 19.4 Å². The van der Waals surface area contributed by atoms with Crippen LogP contribution in [0, 0.1) is 0 Å². The molecule has 1 fully saturated rings. The predicted octanol–water partition coefficient (Wildman–Crippen LogP) is 2.61. The Hall–Kier alpha value is -1.62. The fourth-order valence-corrected chi connectivity index (χ4v) is 2.99. The van der Waals surface area contributed by atoms with Gasteiger partial charge >= 0.3 is 5.97 Å². The lowest BCUT2D eigenvalue weighted by Gasteiger charge is -2.23. The summed E-state index contributed by atoms with van der Waals surface area (Å²) in [6, 6.07) is 1.74. The maximum absolute atomic E-state index is 11.4. The molecule has 1 aliphatic heterocycles. The number of carbonyl (C=O) groups is 1. The largest absolute Gasteiger partial charge is 0.477 e. The first-order valence-electron chi connectivity index (χ1n) is 7.74. The lowest BCUT2D eigenvalue weighted by atomic mass is 9.95. The number of aromatic carboxylic acids is 1. The number of ether oxygens (including phenoxy) is 2. The van der Waals surface area contributed by atoms with E-state index in [1.165, 1.54) is 0 Å². The Morgan fingerprint density at radius 3 is 2.95 bits per heavy atom. The standard InChI is InChI=1S/C16H21NO4/c18-16(19)13-9-11-5-1-2-7-14(11)17-15(13)21-10-12-6-3-4-8-20-12/h9,12H,1-8,10H2,(H,18,19). The van der Waals surface area contributed by atoms with Crippen LogP contribution < -0.4 is 4.74 Å². The highest BCUT2D eigenvalue weighted by atomic mass is 16.5. The Morgan fingerprint density at radius 2 is 2.19 bits per heavy atom. The van der Waals surface area contributed by atoms with Gasteiger partial charge in [-0.05, 0) is 56.6 Å².